The van der Waals surface area contributed by atoms with Crippen LogP contribution in [0.4, 0.5) is 0 Å². The van der Waals surface area contributed by atoms with Gasteiger partial charge in [-0.15, -0.1) is 0 Å². The Morgan fingerprint density at radius 2 is 1.59 bits per heavy atom. The van der Waals surface area contributed by atoms with Crippen LogP contribution in [-0.2, 0) is 28.8 Å². The molecule has 5 aliphatic rings. The molecule has 1 saturated heterocycles. The number of rotatable bonds is 10. The molecule has 5 rings (SSSR count). The van der Waals surface area contributed by atoms with Crippen LogP contribution in [0, 0.1) is 46.3 Å². The van der Waals surface area contributed by atoms with E-state index < -0.39 is 58.9 Å². The van der Waals surface area contributed by atoms with Gasteiger partial charge in [-0.2, -0.15) is 8.42 Å². The van der Waals surface area contributed by atoms with Crippen LogP contribution in [0.2, 0.25) is 0 Å². The van der Waals surface area contributed by atoms with Crippen molar-refractivity contribution in [2.24, 2.45) is 46.3 Å². The van der Waals surface area contributed by atoms with Gasteiger partial charge in [-0.1, -0.05) is 34.6 Å². The van der Waals surface area contributed by atoms with Crippen LogP contribution in [0.25, 0.3) is 0 Å². The van der Waals surface area contributed by atoms with Gasteiger partial charge in [-0.3, -0.25) is 4.55 Å². The second-order valence-corrected chi connectivity index (χ2v) is 17.3. The molecular formula is C33H58O12S. The van der Waals surface area contributed by atoms with Crippen molar-refractivity contribution in [1.82, 2.24) is 0 Å². The topological polar surface area (TPSA) is 192 Å². The number of aliphatic hydroxyl groups excluding tert-OH is 4. The molecule has 5 fully saturated rings. The standard InChI is InChI=1S/C33H58O12S/c1-17(2)25(44-30-28(45-46(39,40)41)27(42-6)24(37)16-43-30)8-7-18(3)20-14-22(35)29-32(20,5)12-10-26-31(4)11-9-19(34)13-21(31)23(36)15-33(26,29)38/h17-30,34-38H,7-16H2,1-6H3,(H,39,40,41)/t18-,19+,20-,21?,22-,23+,24-,25+,26?,27+,28-,29?,30+,31+,32-,33+/m1/s1. The lowest BCUT2D eigenvalue weighted by molar-refractivity contribution is -0.284. The molecule has 0 aromatic carbocycles. The third kappa shape index (κ3) is 6.57. The first-order valence-electron chi connectivity index (χ1n) is 17.3. The van der Waals surface area contributed by atoms with E-state index in [-0.39, 0.29) is 65.5 Å². The van der Waals surface area contributed by atoms with Crippen molar-refractivity contribution in [3.63, 3.8) is 0 Å². The second-order valence-electron chi connectivity index (χ2n) is 16.2. The van der Waals surface area contributed by atoms with Crippen molar-refractivity contribution in [3.8, 4) is 0 Å². The van der Waals surface area contributed by atoms with Crippen LogP contribution in [-0.4, -0.2) is 107 Å². The van der Waals surface area contributed by atoms with Crippen molar-refractivity contribution in [2.75, 3.05) is 13.7 Å². The van der Waals surface area contributed by atoms with Crippen molar-refractivity contribution >= 4 is 10.4 Å². The Kier molecular flexibility index (Phi) is 10.7. The van der Waals surface area contributed by atoms with Crippen LogP contribution in [0.5, 0.6) is 0 Å². The molecule has 3 unspecified atom stereocenters. The van der Waals surface area contributed by atoms with Crippen LogP contribution in [0.1, 0.15) is 92.4 Å². The van der Waals surface area contributed by atoms with Crippen molar-refractivity contribution in [1.29, 1.82) is 0 Å². The molecule has 0 aromatic heterocycles. The normalized spacial score (nSPS) is 49.2. The fraction of sp³-hybridized carbons (Fsp3) is 1.00. The summed E-state index contributed by atoms with van der Waals surface area (Å²) in [4.78, 5) is 0. The molecule has 4 saturated carbocycles. The maximum atomic E-state index is 12.6. The van der Waals surface area contributed by atoms with E-state index >= 15 is 0 Å². The van der Waals surface area contributed by atoms with Crippen LogP contribution < -0.4 is 0 Å². The van der Waals surface area contributed by atoms with E-state index in [2.05, 4.69) is 20.8 Å². The highest BCUT2D eigenvalue weighted by molar-refractivity contribution is 7.80. The maximum Gasteiger partial charge on any atom is 0.397 e. The summed E-state index contributed by atoms with van der Waals surface area (Å²) in [5, 5.41) is 56.3. The molecule has 0 spiro atoms. The van der Waals surface area contributed by atoms with E-state index in [0.717, 1.165) is 25.7 Å². The largest absolute Gasteiger partial charge is 0.397 e. The van der Waals surface area contributed by atoms with Gasteiger partial charge in [0.1, 0.15) is 12.2 Å². The second kappa shape index (κ2) is 13.4. The minimum Gasteiger partial charge on any atom is -0.393 e. The van der Waals surface area contributed by atoms with Gasteiger partial charge in [-0.05, 0) is 91.8 Å². The van der Waals surface area contributed by atoms with Gasteiger partial charge < -0.3 is 39.7 Å². The molecule has 16 atom stereocenters. The van der Waals surface area contributed by atoms with Gasteiger partial charge in [0.2, 0.25) is 0 Å². The predicted octanol–water partition coefficient (Wildman–Crippen LogP) is 2.44. The quantitative estimate of drug-likeness (QED) is 0.185. The van der Waals surface area contributed by atoms with Crippen molar-refractivity contribution < 1.29 is 56.9 Å². The molecule has 1 aliphatic heterocycles. The van der Waals surface area contributed by atoms with E-state index in [0.29, 0.717) is 25.7 Å². The zero-order chi connectivity index (χ0) is 34.0. The summed E-state index contributed by atoms with van der Waals surface area (Å²) in [5.41, 5.74) is -1.83. The first kappa shape index (κ1) is 36.8. The Morgan fingerprint density at radius 1 is 0.913 bits per heavy atom. The van der Waals surface area contributed by atoms with Crippen LogP contribution >= 0.6 is 0 Å². The van der Waals surface area contributed by atoms with Gasteiger partial charge in [0.05, 0.1) is 36.6 Å². The van der Waals surface area contributed by atoms with E-state index in [4.69, 9.17) is 18.4 Å². The number of ether oxygens (including phenoxy) is 3. The molecule has 1 heterocycles. The fourth-order valence-corrected chi connectivity index (χ4v) is 11.7. The highest BCUT2D eigenvalue weighted by atomic mass is 32.3. The molecule has 0 aromatic rings. The van der Waals surface area contributed by atoms with Gasteiger partial charge in [0.15, 0.2) is 12.4 Å². The van der Waals surface area contributed by atoms with E-state index in [1.165, 1.54) is 7.11 Å². The predicted molar refractivity (Wildman–Crippen MR) is 167 cm³/mol. The summed E-state index contributed by atoms with van der Waals surface area (Å²) in [6, 6.07) is 0. The Balaban J connectivity index is 1.30. The minimum absolute atomic E-state index is 0.00936. The molecule has 12 nitrogen and oxygen atoms in total. The van der Waals surface area contributed by atoms with Gasteiger partial charge in [-0.25, -0.2) is 4.18 Å². The molecule has 46 heavy (non-hydrogen) atoms. The summed E-state index contributed by atoms with van der Waals surface area (Å²) >= 11 is 0. The molecule has 0 amide bonds. The third-order valence-corrected chi connectivity index (χ3v) is 13.8. The molecule has 0 bridgehead atoms. The lowest BCUT2D eigenvalue weighted by atomic mass is 9.42. The van der Waals surface area contributed by atoms with Crippen molar-refractivity contribution in [3.05, 3.63) is 0 Å². The zero-order valence-electron chi connectivity index (χ0n) is 28.2. The molecular weight excluding hydrogens is 620 g/mol. The smallest absolute Gasteiger partial charge is 0.393 e. The molecule has 4 aliphatic carbocycles. The van der Waals surface area contributed by atoms with Crippen LogP contribution in [0.15, 0.2) is 0 Å². The molecule has 268 valence electrons. The lowest BCUT2D eigenvalue weighted by Gasteiger charge is -2.66. The zero-order valence-corrected chi connectivity index (χ0v) is 29.0. The van der Waals surface area contributed by atoms with Crippen molar-refractivity contribution in [2.45, 2.75) is 147 Å². The number of aliphatic hydroxyl groups is 5. The average Bonchev–Trinajstić information content (AvgIpc) is 3.23. The summed E-state index contributed by atoms with van der Waals surface area (Å²) in [6.45, 7) is 10.4. The van der Waals surface area contributed by atoms with E-state index in [1.54, 1.807) is 0 Å². The monoisotopic (exact) mass is 678 g/mol. The first-order chi connectivity index (χ1) is 21.4. The maximum absolute atomic E-state index is 12.6. The Hall–Kier alpha value is -0.450. The summed E-state index contributed by atoms with van der Waals surface area (Å²) in [6.07, 6.45) is -1.37. The van der Waals surface area contributed by atoms with E-state index in [9.17, 15) is 38.5 Å². The Morgan fingerprint density at radius 3 is 2.22 bits per heavy atom. The SMILES string of the molecule is CO[C@@H]1[C@@H](OS(=O)(=O)O)[C@H](O[C@@H](CC[C@@H](C)[C@H]2C[C@@H](O)C3[C@]4(O)C[C@H](O)C5C[C@@H](O)CC[C@]5(C)C4CC[C@@]32C)C(C)C)OC[C@H]1O. The van der Waals surface area contributed by atoms with Gasteiger partial charge in [0, 0.05) is 19.4 Å². The minimum atomic E-state index is -4.89. The van der Waals surface area contributed by atoms with Gasteiger partial charge >= 0.3 is 10.4 Å². The highest BCUT2D eigenvalue weighted by Crippen LogP contribution is 2.69. The number of hydrogen-bond donors (Lipinski definition) is 6. The lowest BCUT2D eigenvalue weighted by Crippen LogP contribution is -2.68. The fourth-order valence-electron chi connectivity index (χ4n) is 11.2. The Bertz CT molecular complexity index is 1170. The third-order valence-electron chi connectivity index (χ3n) is 13.3. The summed E-state index contributed by atoms with van der Waals surface area (Å²) in [5.74, 6) is -0.198. The molecule has 0 radical (unpaired) electrons. The summed E-state index contributed by atoms with van der Waals surface area (Å²) < 4.78 is 54.7. The Labute approximate surface area is 274 Å². The van der Waals surface area contributed by atoms with Gasteiger partial charge in [0.25, 0.3) is 0 Å². The number of methoxy groups -OCH3 is 1. The highest BCUT2D eigenvalue weighted by Gasteiger charge is 2.70. The molecule has 13 heteroatoms. The number of fused-ring (bicyclic) bond motifs is 5. The van der Waals surface area contributed by atoms with Crippen LogP contribution in [0.3, 0.4) is 0 Å². The molecule has 6 N–H and O–H groups in total. The van der Waals surface area contributed by atoms with E-state index in [1.807, 2.05) is 13.8 Å². The summed E-state index contributed by atoms with van der Waals surface area (Å²) in [7, 11) is -3.59. The number of hydrogen-bond acceptors (Lipinski definition) is 11. The average molecular weight is 679 g/mol. The first-order valence-corrected chi connectivity index (χ1v) is 18.6.